The van der Waals surface area contributed by atoms with E-state index in [-0.39, 0.29) is 23.0 Å². The number of phenols is 1. The van der Waals surface area contributed by atoms with Crippen LogP contribution in [0.25, 0.3) is 0 Å². The lowest BCUT2D eigenvalue weighted by molar-refractivity contribution is -0.137. The Bertz CT molecular complexity index is 536. The normalized spacial score (nSPS) is 16.8. The summed E-state index contributed by atoms with van der Waals surface area (Å²) in [5.41, 5.74) is 1.32. The van der Waals surface area contributed by atoms with Gasteiger partial charge in [0.15, 0.2) is 11.5 Å². The molecule has 0 heterocycles. The van der Waals surface area contributed by atoms with Crippen LogP contribution in [-0.2, 0) is 15.6 Å². The molecule has 0 radical (unpaired) electrons. The van der Waals surface area contributed by atoms with E-state index in [1.54, 1.807) is 6.07 Å². The predicted octanol–water partition coefficient (Wildman–Crippen LogP) is 3.20. The minimum absolute atomic E-state index is 0.0798. The molecular formula is C16H22O4. The lowest BCUT2D eigenvalue weighted by Crippen LogP contribution is -2.17. The molecule has 0 aromatic heterocycles. The first kappa shape index (κ1) is 14.7. The van der Waals surface area contributed by atoms with Crippen LogP contribution in [0.5, 0.6) is 11.5 Å². The number of carboxylic acids is 1. The lowest BCUT2D eigenvalue weighted by Gasteiger charge is -2.25. The van der Waals surface area contributed by atoms with Crippen molar-refractivity contribution in [3.05, 3.63) is 23.3 Å². The van der Waals surface area contributed by atoms with Gasteiger partial charge in [0, 0.05) is 11.0 Å². The zero-order valence-corrected chi connectivity index (χ0v) is 12.5. The van der Waals surface area contributed by atoms with Crippen LogP contribution >= 0.6 is 0 Å². The van der Waals surface area contributed by atoms with Gasteiger partial charge in [0.1, 0.15) is 0 Å². The number of aliphatic carboxylic acids is 1. The smallest absolute Gasteiger partial charge is 0.304 e. The van der Waals surface area contributed by atoms with E-state index in [4.69, 9.17) is 9.84 Å². The van der Waals surface area contributed by atoms with Crippen molar-refractivity contribution in [3.8, 4) is 11.5 Å². The van der Waals surface area contributed by atoms with Crippen LogP contribution < -0.4 is 4.74 Å². The molecule has 1 aliphatic rings. The Balaban J connectivity index is 2.56. The molecule has 0 amide bonds. The van der Waals surface area contributed by atoms with Crippen LogP contribution in [-0.4, -0.2) is 23.3 Å². The summed E-state index contributed by atoms with van der Waals surface area (Å²) in [4.78, 5) is 11.1. The van der Waals surface area contributed by atoms with E-state index in [0.29, 0.717) is 5.75 Å². The topological polar surface area (TPSA) is 66.8 Å². The summed E-state index contributed by atoms with van der Waals surface area (Å²) >= 11 is 0. The second-order valence-corrected chi connectivity index (χ2v) is 6.68. The second-order valence-electron chi connectivity index (χ2n) is 6.68. The van der Waals surface area contributed by atoms with Gasteiger partial charge in [0.2, 0.25) is 0 Å². The highest BCUT2D eigenvalue weighted by atomic mass is 16.5. The molecule has 2 N–H and O–H groups in total. The van der Waals surface area contributed by atoms with E-state index in [1.807, 2.05) is 6.07 Å². The summed E-state index contributed by atoms with van der Waals surface area (Å²) < 4.78 is 5.31. The van der Waals surface area contributed by atoms with Crippen molar-refractivity contribution in [2.75, 3.05) is 7.11 Å². The molecule has 1 aliphatic carbocycles. The van der Waals surface area contributed by atoms with Crippen molar-refractivity contribution in [2.45, 2.75) is 50.9 Å². The van der Waals surface area contributed by atoms with Gasteiger partial charge in [0.25, 0.3) is 0 Å². The van der Waals surface area contributed by atoms with E-state index in [1.165, 1.54) is 7.11 Å². The van der Waals surface area contributed by atoms with Crippen LogP contribution in [0.1, 0.15) is 51.2 Å². The Hall–Kier alpha value is -1.71. The number of hydrogen-bond donors (Lipinski definition) is 2. The van der Waals surface area contributed by atoms with Crippen molar-refractivity contribution in [1.82, 2.24) is 0 Å². The number of ether oxygens (including phenoxy) is 1. The average Bonchev–Trinajstić information content (AvgIpc) is 3.06. The minimum Gasteiger partial charge on any atom is -0.504 e. The first-order valence-corrected chi connectivity index (χ1v) is 6.83. The Morgan fingerprint density at radius 2 is 1.95 bits per heavy atom. The second kappa shape index (κ2) is 4.69. The molecule has 1 saturated carbocycles. The largest absolute Gasteiger partial charge is 0.504 e. The molecular weight excluding hydrogens is 256 g/mol. The number of carbonyl (C=O) groups is 1. The van der Waals surface area contributed by atoms with Crippen LogP contribution in [0, 0.1) is 0 Å². The van der Waals surface area contributed by atoms with Gasteiger partial charge >= 0.3 is 5.97 Å². The number of phenolic OH excluding ortho intramolecular Hbond substituents is 1. The molecule has 4 nitrogen and oxygen atoms in total. The molecule has 0 saturated heterocycles. The van der Waals surface area contributed by atoms with Gasteiger partial charge in [-0.05, 0) is 29.9 Å². The Morgan fingerprint density at radius 3 is 2.35 bits per heavy atom. The highest BCUT2D eigenvalue weighted by Crippen LogP contribution is 2.56. The number of hydrogen-bond acceptors (Lipinski definition) is 3. The molecule has 1 aromatic carbocycles. The lowest BCUT2D eigenvalue weighted by atomic mass is 9.82. The molecule has 20 heavy (non-hydrogen) atoms. The first-order chi connectivity index (χ1) is 9.19. The van der Waals surface area contributed by atoms with Crippen molar-refractivity contribution in [2.24, 2.45) is 0 Å². The quantitative estimate of drug-likeness (QED) is 0.887. The number of methoxy groups -OCH3 is 1. The third-order valence-corrected chi connectivity index (χ3v) is 4.05. The van der Waals surface area contributed by atoms with Crippen molar-refractivity contribution in [3.63, 3.8) is 0 Å². The fourth-order valence-electron chi connectivity index (χ4n) is 2.64. The Kier molecular flexibility index (Phi) is 3.44. The molecule has 0 aliphatic heterocycles. The van der Waals surface area contributed by atoms with Crippen LogP contribution in [0.2, 0.25) is 0 Å². The summed E-state index contributed by atoms with van der Waals surface area (Å²) in [7, 11) is 1.51. The third-order valence-electron chi connectivity index (χ3n) is 4.05. The van der Waals surface area contributed by atoms with Crippen LogP contribution in [0.15, 0.2) is 12.1 Å². The van der Waals surface area contributed by atoms with Gasteiger partial charge < -0.3 is 14.9 Å². The van der Waals surface area contributed by atoms with Crippen molar-refractivity contribution < 1.29 is 19.7 Å². The molecule has 4 heteroatoms. The van der Waals surface area contributed by atoms with Crippen LogP contribution in [0.4, 0.5) is 0 Å². The van der Waals surface area contributed by atoms with E-state index >= 15 is 0 Å². The zero-order valence-electron chi connectivity index (χ0n) is 12.5. The highest BCUT2D eigenvalue weighted by Gasteiger charge is 2.48. The molecule has 0 bridgehead atoms. The van der Waals surface area contributed by atoms with E-state index in [0.717, 1.165) is 24.0 Å². The predicted molar refractivity (Wildman–Crippen MR) is 76.5 cm³/mol. The Morgan fingerprint density at radius 1 is 1.35 bits per heavy atom. The first-order valence-electron chi connectivity index (χ1n) is 6.83. The third kappa shape index (κ3) is 2.60. The standard InChI is InChI=1S/C16H22O4/c1-15(2,3)10-7-11(14(20-4)12(17)8-10)16(5-6-16)9-13(18)19/h7-8,17H,5-6,9H2,1-4H3,(H,18,19). The number of rotatable bonds is 4. The fraction of sp³-hybridized carbons (Fsp3) is 0.562. The van der Waals surface area contributed by atoms with E-state index < -0.39 is 5.97 Å². The maximum atomic E-state index is 11.1. The summed E-state index contributed by atoms with van der Waals surface area (Å²) in [6.45, 7) is 6.19. The van der Waals surface area contributed by atoms with Gasteiger partial charge in [-0.1, -0.05) is 26.8 Å². The fourth-order valence-corrected chi connectivity index (χ4v) is 2.64. The summed E-state index contributed by atoms with van der Waals surface area (Å²) in [6.07, 6.45) is 1.72. The summed E-state index contributed by atoms with van der Waals surface area (Å²) in [5.74, 6) is -0.312. The van der Waals surface area contributed by atoms with Gasteiger partial charge in [0.05, 0.1) is 13.5 Å². The number of carboxylic acid groups (broad SMARTS) is 1. The van der Waals surface area contributed by atoms with E-state index in [9.17, 15) is 9.90 Å². The molecule has 110 valence electrons. The zero-order chi connectivity index (χ0) is 15.1. The average molecular weight is 278 g/mol. The number of benzene rings is 1. The van der Waals surface area contributed by atoms with Gasteiger partial charge in [-0.2, -0.15) is 0 Å². The van der Waals surface area contributed by atoms with Crippen molar-refractivity contribution >= 4 is 5.97 Å². The highest BCUT2D eigenvalue weighted by molar-refractivity contribution is 5.71. The monoisotopic (exact) mass is 278 g/mol. The maximum Gasteiger partial charge on any atom is 0.304 e. The molecule has 1 aromatic rings. The van der Waals surface area contributed by atoms with Crippen molar-refractivity contribution in [1.29, 1.82) is 0 Å². The van der Waals surface area contributed by atoms with Gasteiger partial charge in [-0.15, -0.1) is 0 Å². The SMILES string of the molecule is COc1c(O)cc(C(C)(C)C)cc1C1(CC(=O)O)CC1. The van der Waals surface area contributed by atoms with Crippen LogP contribution in [0.3, 0.4) is 0 Å². The van der Waals surface area contributed by atoms with E-state index in [2.05, 4.69) is 20.8 Å². The number of aromatic hydroxyl groups is 1. The molecule has 0 atom stereocenters. The summed E-state index contributed by atoms with van der Waals surface area (Å²) in [6, 6.07) is 3.70. The van der Waals surface area contributed by atoms with Gasteiger partial charge in [-0.3, -0.25) is 4.79 Å². The molecule has 1 fully saturated rings. The minimum atomic E-state index is -0.815. The Labute approximate surface area is 119 Å². The maximum absolute atomic E-state index is 11.1. The molecule has 0 spiro atoms. The van der Waals surface area contributed by atoms with Gasteiger partial charge in [-0.25, -0.2) is 0 Å². The summed E-state index contributed by atoms with van der Waals surface area (Å²) in [5, 5.41) is 19.3. The molecule has 0 unspecified atom stereocenters. The molecule has 2 rings (SSSR count).